The summed E-state index contributed by atoms with van der Waals surface area (Å²) in [6.07, 6.45) is 10.8. The monoisotopic (exact) mass is 674 g/mol. The van der Waals surface area contributed by atoms with E-state index in [9.17, 15) is 19.8 Å². The third-order valence-corrected chi connectivity index (χ3v) is 11.4. The van der Waals surface area contributed by atoms with Crippen LogP contribution in [0, 0.1) is 17.8 Å². The number of carboxylic acid groups (broad SMARTS) is 1. The van der Waals surface area contributed by atoms with Crippen LogP contribution in [0.25, 0.3) is 6.08 Å². The fourth-order valence-electron chi connectivity index (χ4n) is 9.14. The van der Waals surface area contributed by atoms with Crippen molar-refractivity contribution in [3.8, 4) is 17.2 Å². The molecule has 2 N–H and O–H groups in total. The molecule has 3 saturated carbocycles. The van der Waals surface area contributed by atoms with Crippen molar-refractivity contribution in [3.05, 3.63) is 57.7 Å². The lowest BCUT2D eigenvalue weighted by Gasteiger charge is -2.62. The number of fused-ring (bicyclic) bond motifs is 2. The van der Waals surface area contributed by atoms with Gasteiger partial charge < -0.3 is 29.2 Å². The van der Waals surface area contributed by atoms with Gasteiger partial charge in [-0.3, -0.25) is 9.59 Å². The molecule has 7 rings (SSSR count). The van der Waals surface area contributed by atoms with Crippen molar-refractivity contribution in [1.82, 2.24) is 0 Å². The van der Waals surface area contributed by atoms with Crippen molar-refractivity contribution in [2.24, 2.45) is 17.8 Å². The van der Waals surface area contributed by atoms with Crippen LogP contribution in [0.3, 0.4) is 0 Å². The second-order valence-corrected chi connectivity index (χ2v) is 15.7. The smallest absolute Gasteiger partial charge is 0.330 e. The van der Waals surface area contributed by atoms with E-state index in [1.807, 2.05) is 59.8 Å². The van der Waals surface area contributed by atoms with Crippen LogP contribution in [-0.2, 0) is 25.5 Å². The van der Waals surface area contributed by atoms with Crippen molar-refractivity contribution in [2.75, 3.05) is 6.61 Å². The summed E-state index contributed by atoms with van der Waals surface area (Å²) in [6, 6.07) is 0. The lowest BCUT2D eigenvalue weighted by atomic mass is 9.45. The third-order valence-electron chi connectivity index (χ3n) is 11.4. The summed E-state index contributed by atoms with van der Waals surface area (Å²) in [5.41, 5.74) is -1.37. The molecule has 3 aliphatic heterocycles. The summed E-state index contributed by atoms with van der Waals surface area (Å²) < 4.78 is 27.2. The maximum absolute atomic E-state index is 15.2. The number of hydrogen-bond acceptors (Lipinski definition) is 8. The van der Waals surface area contributed by atoms with Crippen molar-refractivity contribution < 1.29 is 43.5 Å². The second-order valence-electron chi connectivity index (χ2n) is 15.7. The number of carboxylic acids is 1. The van der Waals surface area contributed by atoms with Crippen LogP contribution in [0.15, 0.2) is 41.0 Å². The molecule has 9 nitrogen and oxygen atoms in total. The summed E-state index contributed by atoms with van der Waals surface area (Å²) >= 11 is 0. The number of Topliss-reactive ketones (excluding diaryl/α,β-unsaturated/α-hetero) is 2. The number of phenolic OH excluding ortho intramolecular Hbond substituents is 1. The summed E-state index contributed by atoms with van der Waals surface area (Å²) in [5, 5.41) is 21.7. The first-order valence-corrected chi connectivity index (χ1v) is 17.5. The van der Waals surface area contributed by atoms with Crippen LogP contribution in [-0.4, -0.2) is 62.9 Å². The zero-order chi connectivity index (χ0) is 35.8. The number of allylic oxidation sites excluding steroid dienone is 4. The highest BCUT2D eigenvalue weighted by molar-refractivity contribution is 6.10. The average molecular weight is 675 g/mol. The standard InChI is InChI=1S/C40H50O9/c1-10-46-34-26-20-27-37(7,8)49-39(35(26)43,19-15-23(6)36(44)45)40(27)29(34)31(42)28-30(41)24-16-18-38(9,17-11-12-21(2)3)47-32(24)25(33(28)48-40)14-13-22(4)5/h12-13,15-16,18,26-27,29,34,41H,10-11,14,17,19-20H2,1-9H3,(H,44,45)/b23-15-/t26-,27-,29-,34-,38?,39-,40-/m0/s1. The summed E-state index contributed by atoms with van der Waals surface area (Å²) in [5.74, 6) is -3.36. The van der Waals surface area contributed by atoms with Gasteiger partial charge in [0.05, 0.1) is 23.2 Å². The molecule has 4 fully saturated rings. The Morgan fingerprint density at radius 2 is 1.71 bits per heavy atom. The van der Waals surface area contributed by atoms with Crippen LogP contribution in [0.2, 0.25) is 0 Å². The molecule has 0 aromatic heterocycles. The minimum absolute atomic E-state index is 0.0576. The van der Waals surface area contributed by atoms with E-state index in [-0.39, 0.29) is 47.2 Å². The molecular formula is C40H50O9. The summed E-state index contributed by atoms with van der Waals surface area (Å²) in [6.45, 7) is 17.5. The van der Waals surface area contributed by atoms with Crippen LogP contribution < -0.4 is 9.47 Å². The number of ether oxygens (including phenoxy) is 4. The molecule has 1 aromatic rings. The molecule has 1 unspecified atom stereocenters. The Morgan fingerprint density at radius 3 is 2.35 bits per heavy atom. The van der Waals surface area contributed by atoms with Gasteiger partial charge >= 0.3 is 5.97 Å². The molecule has 9 heteroatoms. The first kappa shape index (κ1) is 35.1. The zero-order valence-corrected chi connectivity index (χ0v) is 30.2. The van der Waals surface area contributed by atoms with Gasteiger partial charge in [0.25, 0.3) is 0 Å². The van der Waals surface area contributed by atoms with Gasteiger partial charge in [-0.2, -0.15) is 0 Å². The highest BCUT2D eigenvalue weighted by Crippen LogP contribution is 2.70. The van der Waals surface area contributed by atoms with Crippen molar-refractivity contribution in [1.29, 1.82) is 0 Å². The minimum atomic E-state index is -1.66. The van der Waals surface area contributed by atoms with Crippen molar-refractivity contribution in [3.63, 3.8) is 0 Å². The first-order valence-electron chi connectivity index (χ1n) is 17.5. The Kier molecular flexibility index (Phi) is 8.59. The first-order chi connectivity index (χ1) is 22.9. The van der Waals surface area contributed by atoms with E-state index in [1.54, 1.807) is 0 Å². The van der Waals surface area contributed by atoms with E-state index in [1.165, 1.54) is 18.6 Å². The van der Waals surface area contributed by atoms with Crippen LogP contribution in [0.4, 0.5) is 0 Å². The van der Waals surface area contributed by atoms with Gasteiger partial charge in [-0.05, 0) is 100 Å². The number of phenols is 1. The molecule has 7 atom stereocenters. The Balaban J connectivity index is 1.62. The van der Waals surface area contributed by atoms with Gasteiger partial charge in [-0.25, -0.2) is 4.79 Å². The number of rotatable bonds is 10. The molecular weight excluding hydrogens is 624 g/mol. The average Bonchev–Trinajstić information content (AvgIpc) is 3.15. The second kappa shape index (κ2) is 12.0. The van der Waals surface area contributed by atoms with Crippen molar-refractivity contribution >= 4 is 23.6 Å². The van der Waals surface area contributed by atoms with E-state index in [0.29, 0.717) is 36.1 Å². The number of hydrogen-bond donors (Lipinski definition) is 2. The van der Waals surface area contributed by atoms with Crippen molar-refractivity contribution in [2.45, 2.75) is 123 Å². The van der Waals surface area contributed by atoms with E-state index >= 15 is 4.79 Å². The predicted molar refractivity (Wildman–Crippen MR) is 185 cm³/mol. The highest BCUT2D eigenvalue weighted by Gasteiger charge is 2.85. The number of carbonyl (C=O) groups excluding carboxylic acids is 2. The quantitative estimate of drug-likeness (QED) is 0.194. The Hall–Kier alpha value is -3.69. The largest absolute Gasteiger partial charge is 0.506 e. The van der Waals surface area contributed by atoms with Crippen LogP contribution in [0.5, 0.6) is 17.2 Å². The molecule has 3 aliphatic carbocycles. The molecule has 0 radical (unpaired) electrons. The number of carbonyl (C=O) groups is 3. The maximum Gasteiger partial charge on any atom is 0.330 e. The minimum Gasteiger partial charge on any atom is -0.506 e. The van der Waals surface area contributed by atoms with Crippen LogP contribution in [0.1, 0.15) is 109 Å². The summed E-state index contributed by atoms with van der Waals surface area (Å²) in [4.78, 5) is 41.9. The molecule has 4 bridgehead atoms. The fourth-order valence-corrected chi connectivity index (χ4v) is 9.14. The SMILES string of the molecule is CCO[C@H]1[C@@H]2C[C@H]3C(C)(C)O[C@@](C/C=C(/C)C(=O)O)(C2=O)[C@]32Oc3c(CC=C(C)C)c4c(c(O)c3C(=O)[C@@H]12)C=CC(C)(CCC=C(C)C)O4. The molecule has 6 aliphatic rings. The van der Waals surface area contributed by atoms with Gasteiger partial charge in [0.1, 0.15) is 28.4 Å². The molecule has 49 heavy (non-hydrogen) atoms. The summed E-state index contributed by atoms with van der Waals surface area (Å²) in [7, 11) is 0. The van der Waals surface area contributed by atoms with Gasteiger partial charge in [0, 0.05) is 36.0 Å². The Bertz CT molecular complexity index is 1740. The molecule has 264 valence electrons. The maximum atomic E-state index is 15.2. The predicted octanol–water partition coefficient (Wildman–Crippen LogP) is 7.33. The lowest BCUT2D eigenvalue weighted by Crippen LogP contribution is -2.80. The van der Waals surface area contributed by atoms with Gasteiger partial charge in [-0.1, -0.05) is 29.4 Å². The van der Waals surface area contributed by atoms with Gasteiger partial charge in [0.2, 0.25) is 0 Å². The number of ketones is 2. The molecule has 1 aromatic carbocycles. The number of benzene rings is 1. The fraction of sp³-hybridized carbons (Fsp3) is 0.575. The van der Waals surface area contributed by atoms with E-state index in [2.05, 4.69) is 19.9 Å². The molecule has 1 saturated heterocycles. The molecule has 3 heterocycles. The molecule has 1 spiro atoms. The third kappa shape index (κ3) is 5.13. The zero-order valence-electron chi connectivity index (χ0n) is 30.2. The lowest BCUT2D eigenvalue weighted by molar-refractivity contribution is -0.226. The van der Waals surface area contributed by atoms with E-state index in [0.717, 1.165) is 12.0 Å². The Morgan fingerprint density at radius 1 is 1.02 bits per heavy atom. The number of aromatic hydroxyl groups is 1. The van der Waals surface area contributed by atoms with Crippen LogP contribution >= 0.6 is 0 Å². The van der Waals surface area contributed by atoms with Gasteiger partial charge in [0.15, 0.2) is 22.8 Å². The Labute approximate surface area is 289 Å². The van der Waals surface area contributed by atoms with E-state index < -0.39 is 52.2 Å². The van der Waals surface area contributed by atoms with Gasteiger partial charge in [-0.15, -0.1) is 0 Å². The molecule has 0 amide bonds. The number of aliphatic carboxylic acids is 1. The topological polar surface area (TPSA) is 129 Å². The van der Waals surface area contributed by atoms with E-state index in [4.69, 9.17) is 18.9 Å². The highest BCUT2D eigenvalue weighted by atomic mass is 16.6. The normalized spacial score (nSPS) is 33.2.